The van der Waals surface area contributed by atoms with Crippen LogP contribution in [-0.2, 0) is 0 Å². The van der Waals surface area contributed by atoms with E-state index < -0.39 is 6.10 Å². The van der Waals surface area contributed by atoms with Crippen LogP contribution in [0.4, 0.5) is 0 Å². The minimum Gasteiger partial charge on any atom is -0.386 e. The molecule has 0 bridgehead atoms. The van der Waals surface area contributed by atoms with E-state index in [0.717, 1.165) is 18.0 Å². The molecule has 0 saturated heterocycles. The highest BCUT2D eigenvalue weighted by atomic mass is 127. The molecule has 1 heterocycles. The molecule has 0 spiro atoms. The van der Waals surface area contributed by atoms with Gasteiger partial charge in [0, 0.05) is 42.3 Å². The van der Waals surface area contributed by atoms with Gasteiger partial charge in [-0.3, -0.25) is 4.99 Å². The fraction of sp³-hybridized carbons (Fsp3) is 0.500. The standard InChI is InChI=1S/C18H28N4OS.HI/c1-13(2)22(4)10-9-20-18(19-3)21-12-15(23)17-11-14-7-5-6-8-16(14)24-17;/h5-8,11,13,15,23H,9-10,12H2,1-4H3,(H2,19,20,21);1H. The van der Waals surface area contributed by atoms with Gasteiger partial charge in [-0.1, -0.05) is 18.2 Å². The lowest BCUT2D eigenvalue weighted by atomic mass is 10.2. The van der Waals surface area contributed by atoms with E-state index in [4.69, 9.17) is 0 Å². The Labute approximate surface area is 171 Å². The molecule has 7 heteroatoms. The van der Waals surface area contributed by atoms with Crippen LogP contribution in [-0.4, -0.2) is 55.7 Å². The van der Waals surface area contributed by atoms with Crippen molar-refractivity contribution in [1.82, 2.24) is 15.5 Å². The van der Waals surface area contributed by atoms with Crippen LogP contribution in [0.2, 0.25) is 0 Å². The summed E-state index contributed by atoms with van der Waals surface area (Å²) in [6.45, 7) is 6.54. The Morgan fingerprint density at radius 2 is 2.00 bits per heavy atom. The van der Waals surface area contributed by atoms with Crippen LogP contribution in [0.3, 0.4) is 0 Å². The lowest BCUT2D eigenvalue weighted by molar-refractivity contribution is 0.184. The number of thiophene rings is 1. The zero-order chi connectivity index (χ0) is 17.5. The first-order chi connectivity index (χ1) is 11.5. The lowest BCUT2D eigenvalue weighted by Gasteiger charge is -2.22. The Balaban J connectivity index is 0.00000312. The van der Waals surface area contributed by atoms with Crippen molar-refractivity contribution in [2.24, 2.45) is 4.99 Å². The second-order valence-electron chi connectivity index (χ2n) is 6.16. The molecule has 1 atom stereocenters. The van der Waals surface area contributed by atoms with Crippen LogP contribution in [0.15, 0.2) is 35.3 Å². The third kappa shape index (κ3) is 6.73. The molecular formula is C18H29IN4OS. The van der Waals surface area contributed by atoms with Crippen molar-refractivity contribution in [3.8, 4) is 0 Å². The zero-order valence-electron chi connectivity index (χ0n) is 15.3. The maximum atomic E-state index is 10.4. The smallest absolute Gasteiger partial charge is 0.191 e. The number of aliphatic imine (C=N–C) groups is 1. The highest BCUT2D eigenvalue weighted by molar-refractivity contribution is 14.0. The number of hydrogen-bond donors (Lipinski definition) is 3. The number of benzene rings is 1. The number of nitrogens with zero attached hydrogens (tertiary/aromatic N) is 2. The second kappa shape index (κ2) is 10.9. The number of nitrogens with one attached hydrogen (secondary N) is 2. The minimum atomic E-state index is -0.542. The summed E-state index contributed by atoms with van der Waals surface area (Å²) in [4.78, 5) is 7.45. The molecule has 0 fully saturated rings. The summed E-state index contributed by atoms with van der Waals surface area (Å²) in [5.41, 5.74) is 0. The zero-order valence-corrected chi connectivity index (χ0v) is 18.5. The Morgan fingerprint density at radius 1 is 1.28 bits per heavy atom. The van der Waals surface area contributed by atoms with Crippen LogP contribution in [0, 0.1) is 0 Å². The highest BCUT2D eigenvalue weighted by Gasteiger charge is 2.12. The predicted octanol–water partition coefficient (Wildman–Crippen LogP) is 3.06. The monoisotopic (exact) mass is 476 g/mol. The molecule has 0 aliphatic carbocycles. The summed E-state index contributed by atoms with van der Waals surface area (Å²) in [6.07, 6.45) is -0.542. The Bertz CT molecular complexity index is 641. The van der Waals surface area contributed by atoms with Gasteiger partial charge in [0.25, 0.3) is 0 Å². The number of hydrogen-bond acceptors (Lipinski definition) is 4. The first kappa shape index (κ1) is 22.1. The molecule has 0 saturated carbocycles. The van der Waals surface area contributed by atoms with Crippen molar-refractivity contribution in [2.75, 3.05) is 33.7 Å². The molecule has 3 N–H and O–H groups in total. The number of aliphatic hydroxyl groups is 1. The third-order valence-corrected chi connectivity index (χ3v) is 5.32. The molecule has 0 aliphatic rings. The van der Waals surface area contributed by atoms with E-state index in [2.05, 4.69) is 59.6 Å². The fourth-order valence-electron chi connectivity index (χ4n) is 2.29. The van der Waals surface area contributed by atoms with Gasteiger partial charge in [-0.15, -0.1) is 35.3 Å². The maximum absolute atomic E-state index is 10.4. The van der Waals surface area contributed by atoms with E-state index in [-0.39, 0.29) is 24.0 Å². The predicted molar refractivity (Wildman–Crippen MR) is 119 cm³/mol. The molecule has 140 valence electrons. The molecule has 1 aromatic heterocycles. The quantitative estimate of drug-likeness (QED) is 0.327. The van der Waals surface area contributed by atoms with E-state index in [0.29, 0.717) is 18.5 Å². The maximum Gasteiger partial charge on any atom is 0.191 e. The van der Waals surface area contributed by atoms with Crippen molar-refractivity contribution in [3.63, 3.8) is 0 Å². The minimum absolute atomic E-state index is 0. The Hall–Kier alpha value is -0.900. The van der Waals surface area contributed by atoms with E-state index in [1.807, 2.05) is 12.1 Å². The molecule has 0 amide bonds. The van der Waals surface area contributed by atoms with Crippen LogP contribution in [0.5, 0.6) is 0 Å². The number of likely N-dealkylation sites (N-methyl/N-ethyl adjacent to an activating group) is 1. The van der Waals surface area contributed by atoms with Gasteiger partial charge in [-0.05, 0) is 38.4 Å². The Kier molecular flexibility index (Phi) is 9.70. The van der Waals surface area contributed by atoms with Gasteiger partial charge in [-0.25, -0.2) is 0 Å². The lowest BCUT2D eigenvalue weighted by Crippen LogP contribution is -2.43. The van der Waals surface area contributed by atoms with Crippen molar-refractivity contribution < 1.29 is 5.11 Å². The van der Waals surface area contributed by atoms with Gasteiger partial charge >= 0.3 is 0 Å². The molecule has 0 radical (unpaired) electrons. The van der Waals surface area contributed by atoms with Gasteiger partial charge in [0.2, 0.25) is 0 Å². The molecular weight excluding hydrogens is 447 g/mol. The Morgan fingerprint density at radius 3 is 2.64 bits per heavy atom. The largest absolute Gasteiger partial charge is 0.386 e. The highest BCUT2D eigenvalue weighted by Crippen LogP contribution is 2.29. The number of aliphatic hydroxyl groups excluding tert-OH is 1. The van der Waals surface area contributed by atoms with E-state index in [9.17, 15) is 5.11 Å². The topological polar surface area (TPSA) is 59.9 Å². The summed E-state index contributed by atoms with van der Waals surface area (Å²) >= 11 is 1.63. The average Bonchev–Trinajstić information content (AvgIpc) is 3.01. The second-order valence-corrected chi connectivity index (χ2v) is 7.27. The van der Waals surface area contributed by atoms with Crippen LogP contribution >= 0.6 is 35.3 Å². The third-order valence-electron chi connectivity index (χ3n) is 4.10. The number of halogens is 1. The first-order valence-electron chi connectivity index (χ1n) is 8.32. The molecule has 25 heavy (non-hydrogen) atoms. The normalized spacial score (nSPS) is 13.2. The van der Waals surface area contributed by atoms with Crippen molar-refractivity contribution >= 4 is 51.4 Å². The number of rotatable bonds is 7. The molecule has 5 nitrogen and oxygen atoms in total. The summed E-state index contributed by atoms with van der Waals surface area (Å²) in [5.74, 6) is 0.715. The van der Waals surface area contributed by atoms with Crippen molar-refractivity contribution in [2.45, 2.75) is 26.0 Å². The van der Waals surface area contributed by atoms with Gasteiger partial charge in [0.15, 0.2) is 5.96 Å². The molecule has 2 rings (SSSR count). The van der Waals surface area contributed by atoms with Crippen LogP contribution < -0.4 is 10.6 Å². The molecule has 2 aromatic rings. The van der Waals surface area contributed by atoms with Gasteiger partial charge in [-0.2, -0.15) is 0 Å². The van der Waals surface area contributed by atoms with Crippen molar-refractivity contribution in [1.29, 1.82) is 0 Å². The van der Waals surface area contributed by atoms with E-state index in [1.165, 1.54) is 10.1 Å². The average molecular weight is 476 g/mol. The van der Waals surface area contributed by atoms with Gasteiger partial charge in [0.05, 0.1) is 0 Å². The number of fused-ring (bicyclic) bond motifs is 1. The van der Waals surface area contributed by atoms with E-state index >= 15 is 0 Å². The van der Waals surface area contributed by atoms with E-state index in [1.54, 1.807) is 18.4 Å². The summed E-state index contributed by atoms with van der Waals surface area (Å²) in [7, 11) is 3.85. The fourth-order valence-corrected chi connectivity index (χ4v) is 3.34. The molecule has 1 aromatic carbocycles. The molecule has 0 aliphatic heterocycles. The summed E-state index contributed by atoms with van der Waals surface area (Å²) in [5, 5.41) is 18.1. The molecule has 1 unspecified atom stereocenters. The summed E-state index contributed by atoms with van der Waals surface area (Å²) < 4.78 is 1.20. The van der Waals surface area contributed by atoms with Gasteiger partial charge in [0.1, 0.15) is 6.10 Å². The van der Waals surface area contributed by atoms with Crippen molar-refractivity contribution in [3.05, 3.63) is 35.2 Å². The summed E-state index contributed by atoms with van der Waals surface area (Å²) in [6, 6.07) is 10.8. The SMILES string of the molecule is CN=C(NCCN(C)C(C)C)NCC(O)c1cc2ccccc2s1.I. The number of guanidine groups is 1. The van der Waals surface area contributed by atoms with Crippen LogP contribution in [0.25, 0.3) is 10.1 Å². The van der Waals surface area contributed by atoms with Crippen LogP contribution in [0.1, 0.15) is 24.8 Å². The van der Waals surface area contributed by atoms with Gasteiger partial charge < -0.3 is 20.6 Å². The first-order valence-corrected chi connectivity index (χ1v) is 9.14.